The number of hydrogen-bond donors (Lipinski definition) is 2. The lowest BCUT2D eigenvalue weighted by atomic mass is 10.3. The summed E-state index contributed by atoms with van der Waals surface area (Å²) in [7, 11) is -3.64. The van der Waals surface area contributed by atoms with Crippen molar-refractivity contribution in [1.82, 2.24) is 4.72 Å². The number of halogens is 1. The standard InChI is InChI=1S/C8H11ClN2O3S/c9-7-2-1-3-8(6-7)14-5-4-11-15(10,12)13/h1-3,6,11H,4-5H2,(H2,10,12,13). The quantitative estimate of drug-likeness (QED) is 0.748. The Morgan fingerprint density at radius 1 is 1.47 bits per heavy atom. The minimum atomic E-state index is -3.64. The number of hydrogen-bond acceptors (Lipinski definition) is 3. The van der Waals surface area contributed by atoms with Gasteiger partial charge >= 0.3 is 0 Å². The van der Waals surface area contributed by atoms with Crippen LogP contribution >= 0.6 is 11.6 Å². The fourth-order valence-electron chi connectivity index (χ4n) is 0.910. The van der Waals surface area contributed by atoms with Gasteiger partial charge in [0.05, 0.1) is 0 Å². The van der Waals surface area contributed by atoms with Crippen LogP contribution in [0.5, 0.6) is 5.75 Å². The molecule has 5 nitrogen and oxygen atoms in total. The Morgan fingerprint density at radius 2 is 2.20 bits per heavy atom. The van der Waals surface area contributed by atoms with E-state index in [4.69, 9.17) is 21.5 Å². The molecule has 0 spiro atoms. The van der Waals surface area contributed by atoms with Crippen LogP contribution in [-0.4, -0.2) is 21.6 Å². The van der Waals surface area contributed by atoms with Crippen molar-refractivity contribution in [3.8, 4) is 5.75 Å². The van der Waals surface area contributed by atoms with Crippen molar-refractivity contribution in [3.63, 3.8) is 0 Å². The normalized spacial score (nSPS) is 11.3. The highest BCUT2D eigenvalue weighted by Gasteiger charge is 2.00. The largest absolute Gasteiger partial charge is 0.492 e. The van der Waals surface area contributed by atoms with Gasteiger partial charge in [-0.25, -0.2) is 5.14 Å². The molecule has 0 aliphatic heterocycles. The Bertz CT molecular complexity index is 422. The predicted molar refractivity (Wildman–Crippen MR) is 58.1 cm³/mol. The van der Waals surface area contributed by atoms with Gasteiger partial charge in [-0.3, -0.25) is 0 Å². The van der Waals surface area contributed by atoms with Gasteiger partial charge in [0.15, 0.2) is 0 Å². The van der Waals surface area contributed by atoms with Crippen LogP contribution in [0.15, 0.2) is 24.3 Å². The molecular formula is C8H11ClN2O3S. The summed E-state index contributed by atoms with van der Waals surface area (Å²) in [5.41, 5.74) is 0. The number of nitrogens with two attached hydrogens (primary N) is 1. The maximum Gasteiger partial charge on any atom is 0.274 e. The fourth-order valence-corrected chi connectivity index (χ4v) is 1.46. The second-order valence-corrected chi connectivity index (χ2v) is 4.56. The lowest BCUT2D eigenvalue weighted by Gasteiger charge is -2.06. The zero-order valence-corrected chi connectivity index (χ0v) is 9.38. The van der Waals surface area contributed by atoms with E-state index >= 15 is 0 Å². The Kier molecular flexibility index (Phi) is 4.34. The van der Waals surface area contributed by atoms with Gasteiger partial charge in [-0.1, -0.05) is 17.7 Å². The van der Waals surface area contributed by atoms with Crippen molar-refractivity contribution in [3.05, 3.63) is 29.3 Å². The Morgan fingerprint density at radius 3 is 2.80 bits per heavy atom. The summed E-state index contributed by atoms with van der Waals surface area (Å²) >= 11 is 5.72. The zero-order valence-electron chi connectivity index (χ0n) is 7.81. The van der Waals surface area contributed by atoms with Crippen LogP contribution in [0.4, 0.5) is 0 Å². The summed E-state index contributed by atoms with van der Waals surface area (Å²) in [6, 6.07) is 6.82. The van der Waals surface area contributed by atoms with Crippen LogP contribution in [-0.2, 0) is 10.2 Å². The van der Waals surface area contributed by atoms with E-state index in [2.05, 4.69) is 4.72 Å². The van der Waals surface area contributed by atoms with E-state index in [0.29, 0.717) is 10.8 Å². The summed E-state index contributed by atoms with van der Waals surface area (Å²) in [6.45, 7) is 0.308. The molecule has 3 N–H and O–H groups in total. The van der Waals surface area contributed by atoms with E-state index in [1.54, 1.807) is 24.3 Å². The summed E-state index contributed by atoms with van der Waals surface area (Å²) < 4.78 is 28.3. The van der Waals surface area contributed by atoms with Crippen LogP contribution in [0, 0.1) is 0 Å². The van der Waals surface area contributed by atoms with E-state index in [9.17, 15) is 8.42 Å². The van der Waals surface area contributed by atoms with Gasteiger partial charge in [0, 0.05) is 11.6 Å². The molecule has 0 fully saturated rings. The average Bonchev–Trinajstić information content (AvgIpc) is 2.11. The van der Waals surface area contributed by atoms with Crippen LogP contribution in [0.1, 0.15) is 0 Å². The molecule has 0 amide bonds. The van der Waals surface area contributed by atoms with E-state index in [1.165, 1.54) is 0 Å². The minimum Gasteiger partial charge on any atom is -0.492 e. The third-order valence-electron chi connectivity index (χ3n) is 1.47. The Hall–Kier alpha value is -0.820. The highest BCUT2D eigenvalue weighted by molar-refractivity contribution is 7.87. The van der Waals surface area contributed by atoms with Gasteiger partial charge in [-0.15, -0.1) is 0 Å². The van der Waals surface area contributed by atoms with Crippen LogP contribution in [0.25, 0.3) is 0 Å². The highest BCUT2D eigenvalue weighted by atomic mass is 35.5. The van der Waals surface area contributed by atoms with Gasteiger partial charge in [0.25, 0.3) is 10.2 Å². The molecule has 0 saturated carbocycles. The fraction of sp³-hybridized carbons (Fsp3) is 0.250. The summed E-state index contributed by atoms with van der Waals surface area (Å²) in [4.78, 5) is 0. The Balaban J connectivity index is 2.32. The molecule has 1 rings (SSSR count). The zero-order chi connectivity index (χ0) is 11.3. The summed E-state index contributed by atoms with van der Waals surface area (Å²) in [6.07, 6.45) is 0. The number of benzene rings is 1. The van der Waals surface area contributed by atoms with Gasteiger partial charge < -0.3 is 4.74 Å². The van der Waals surface area contributed by atoms with Crippen LogP contribution in [0.2, 0.25) is 5.02 Å². The van der Waals surface area contributed by atoms with Crippen molar-refractivity contribution in [2.24, 2.45) is 5.14 Å². The molecule has 0 aliphatic carbocycles. The molecule has 15 heavy (non-hydrogen) atoms. The monoisotopic (exact) mass is 250 g/mol. The van der Waals surface area contributed by atoms with E-state index in [0.717, 1.165) is 0 Å². The molecule has 0 radical (unpaired) electrons. The topological polar surface area (TPSA) is 81.4 Å². The van der Waals surface area contributed by atoms with Crippen LogP contribution in [0.3, 0.4) is 0 Å². The average molecular weight is 251 g/mol. The number of ether oxygens (including phenoxy) is 1. The Labute approximate surface area is 93.4 Å². The van der Waals surface area contributed by atoms with Crippen molar-refractivity contribution in [1.29, 1.82) is 0 Å². The van der Waals surface area contributed by atoms with Crippen molar-refractivity contribution in [2.45, 2.75) is 0 Å². The van der Waals surface area contributed by atoms with Gasteiger partial charge in [0.2, 0.25) is 0 Å². The SMILES string of the molecule is NS(=O)(=O)NCCOc1cccc(Cl)c1. The molecule has 0 atom stereocenters. The second kappa shape index (κ2) is 5.32. The lowest BCUT2D eigenvalue weighted by Crippen LogP contribution is -2.33. The lowest BCUT2D eigenvalue weighted by molar-refractivity contribution is 0.323. The van der Waals surface area contributed by atoms with Gasteiger partial charge in [-0.05, 0) is 18.2 Å². The maximum atomic E-state index is 10.5. The molecule has 7 heteroatoms. The first-order valence-corrected chi connectivity index (χ1v) is 6.05. The third kappa shape index (κ3) is 5.58. The summed E-state index contributed by atoms with van der Waals surface area (Å²) in [5, 5.41) is 5.29. The molecule has 0 aliphatic rings. The first kappa shape index (κ1) is 12.3. The number of rotatable bonds is 5. The van der Waals surface area contributed by atoms with Gasteiger partial charge in [0.1, 0.15) is 12.4 Å². The molecule has 1 aromatic carbocycles. The highest BCUT2D eigenvalue weighted by Crippen LogP contribution is 2.16. The van der Waals surface area contributed by atoms with E-state index in [1.807, 2.05) is 0 Å². The molecule has 1 aromatic rings. The number of nitrogens with one attached hydrogen (secondary N) is 1. The first-order valence-electron chi connectivity index (χ1n) is 4.13. The maximum absolute atomic E-state index is 10.5. The molecule has 0 heterocycles. The molecular weight excluding hydrogens is 240 g/mol. The second-order valence-electron chi connectivity index (χ2n) is 2.75. The summed E-state index contributed by atoms with van der Waals surface area (Å²) in [5.74, 6) is 0.582. The van der Waals surface area contributed by atoms with Crippen LogP contribution < -0.4 is 14.6 Å². The smallest absolute Gasteiger partial charge is 0.274 e. The van der Waals surface area contributed by atoms with Crippen molar-refractivity contribution < 1.29 is 13.2 Å². The third-order valence-corrected chi connectivity index (χ3v) is 2.31. The first-order chi connectivity index (χ1) is 6.97. The predicted octanol–water partition coefficient (Wildman–Crippen LogP) is 0.512. The molecule has 0 bridgehead atoms. The van der Waals surface area contributed by atoms with E-state index in [-0.39, 0.29) is 13.2 Å². The molecule has 0 saturated heterocycles. The van der Waals surface area contributed by atoms with Crippen molar-refractivity contribution in [2.75, 3.05) is 13.2 Å². The molecule has 0 aromatic heterocycles. The van der Waals surface area contributed by atoms with Gasteiger partial charge in [-0.2, -0.15) is 13.1 Å². The molecule has 84 valence electrons. The van der Waals surface area contributed by atoms with Crippen molar-refractivity contribution >= 4 is 21.8 Å². The minimum absolute atomic E-state index is 0.116. The molecule has 0 unspecified atom stereocenters. The van der Waals surface area contributed by atoms with E-state index < -0.39 is 10.2 Å².